The molecule has 5 aliphatic rings. The van der Waals surface area contributed by atoms with Crippen molar-refractivity contribution in [1.29, 1.82) is 5.26 Å². The highest BCUT2D eigenvalue weighted by atomic mass is 14.7. The summed E-state index contributed by atoms with van der Waals surface area (Å²) in [5.41, 5.74) is 18.0. The number of aromatic nitrogens is 1. The van der Waals surface area contributed by atoms with Gasteiger partial charge in [-0.05, 0) is 136 Å². The lowest BCUT2D eigenvalue weighted by Crippen LogP contribution is -2.55. The fraction of sp³-hybridized carbons (Fsp3) is 0.192. The molecule has 4 fully saturated rings. The van der Waals surface area contributed by atoms with Crippen LogP contribution in [-0.2, 0) is 5.41 Å². The maximum Gasteiger partial charge on any atom is 0.0998 e. The second-order valence-corrected chi connectivity index (χ2v) is 16.2. The van der Waals surface area contributed by atoms with Gasteiger partial charge in [-0.25, -0.2) is 4.98 Å². The number of benzene rings is 6. The van der Waals surface area contributed by atoms with Crippen LogP contribution in [0.3, 0.4) is 0 Å². The molecule has 0 saturated heterocycles. The van der Waals surface area contributed by atoms with Crippen LogP contribution in [0.5, 0.6) is 0 Å². The number of fused-ring (bicyclic) bond motifs is 3. The zero-order valence-corrected chi connectivity index (χ0v) is 30.3. The van der Waals surface area contributed by atoms with Crippen molar-refractivity contribution in [2.24, 2.45) is 23.7 Å². The van der Waals surface area contributed by atoms with E-state index < -0.39 is 0 Å². The van der Waals surface area contributed by atoms with Gasteiger partial charge in [0.1, 0.15) is 0 Å². The van der Waals surface area contributed by atoms with Crippen LogP contribution < -0.4 is 0 Å². The fourth-order valence-corrected chi connectivity index (χ4v) is 11.7. The molecule has 54 heavy (non-hydrogen) atoms. The Kier molecular flexibility index (Phi) is 7.15. The lowest BCUT2D eigenvalue weighted by atomic mass is 9.42. The minimum absolute atomic E-state index is 0.0819. The Morgan fingerprint density at radius 1 is 0.426 bits per heavy atom. The van der Waals surface area contributed by atoms with Gasteiger partial charge in [-0.15, -0.1) is 0 Å². The molecule has 4 saturated carbocycles. The highest BCUT2D eigenvalue weighted by Crippen LogP contribution is 2.71. The highest BCUT2D eigenvalue weighted by Gasteiger charge is 2.62. The largest absolute Gasteiger partial charge is 0.248 e. The molecule has 0 amide bonds. The third-order valence-corrected chi connectivity index (χ3v) is 13.5. The molecule has 0 aliphatic heterocycles. The summed E-state index contributed by atoms with van der Waals surface area (Å²) in [6.07, 6.45) is 6.62. The zero-order valence-electron chi connectivity index (χ0n) is 30.3. The van der Waals surface area contributed by atoms with Gasteiger partial charge in [-0.2, -0.15) is 5.26 Å². The molecule has 1 spiro atoms. The summed E-state index contributed by atoms with van der Waals surface area (Å²) in [5, 5.41) is 10.3. The van der Waals surface area contributed by atoms with E-state index >= 15 is 0 Å². The molecule has 2 nitrogen and oxygen atoms in total. The second kappa shape index (κ2) is 12.3. The summed E-state index contributed by atoms with van der Waals surface area (Å²) in [4.78, 5) is 5.17. The van der Waals surface area contributed by atoms with Crippen molar-refractivity contribution < 1.29 is 0 Å². The number of nitriles is 1. The summed E-state index contributed by atoms with van der Waals surface area (Å²) in [6.45, 7) is 0. The van der Waals surface area contributed by atoms with Gasteiger partial charge < -0.3 is 0 Å². The summed E-state index contributed by atoms with van der Waals surface area (Å²) < 4.78 is 0. The summed E-state index contributed by atoms with van der Waals surface area (Å²) in [7, 11) is 0. The number of nitrogens with zero attached hydrogens (tertiary/aromatic N) is 2. The lowest BCUT2D eigenvalue weighted by molar-refractivity contribution is -0.0395. The topological polar surface area (TPSA) is 36.7 Å². The molecule has 1 heterocycles. The second-order valence-electron chi connectivity index (χ2n) is 16.2. The van der Waals surface area contributed by atoms with Gasteiger partial charge in [0.15, 0.2) is 0 Å². The van der Waals surface area contributed by atoms with E-state index in [2.05, 4.69) is 152 Å². The van der Waals surface area contributed by atoms with Crippen LogP contribution >= 0.6 is 0 Å². The van der Waals surface area contributed by atoms with Crippen molar-refractivity contribution in [3.63, 3.8) is 0 Å². The van der Waals surface area contributed by atoms with E-state index in [0.29, 0.717) is 11.8 Å². The lowest BCUT2D eigenvalue weighted by Gasteiger charge is -2.61. The fourth-order valence-electron chi connectivity index (χ4n) is 11.7. The minimum Gasteiger partial charge on any atom is -0.248 e. The van der Waals surface area contributed by atoms with Gasteiger partial charge in [-0.1, -0.05) is 133 Å². The SMILES string of the molecule is N#Cc1ccccc1-c1cccc2c1C1(c3c(-c4cccc(-c5cc(-c6ccccc6)nc(-c6ccccc6)c5)c4)cccc3-2)C2CC3CC(C2)CC1C3. The van der Waals surface area contributed by atoms with Crippen molar-refractivity contribution in [3.05, 3.63) is 174 Å². The molecule has 1 aromatic heterocycles. The van der Waals surface area contributed by atoms with Crippen molar-refractivity contribution >= 4 is 0 Å². The molecule has 5 aliphatic carbocycles. The summed E-state index contributed by atoms with van der Waals surface area (Å²) in [6, 6.07) is 59.6. The monoisotopic (exact) mass is 692 g/mol. The predicted molar refractivity (Wildman–Crippen MR) is 219 cm³/mol. The van der Waals surface area contributed by atoms with Gasteiger partial charge in [0.05, 0.1) is 23.0 Å². The summed E-state index contributed by atoms with van der Waals surface area (Å²) in [5.74, 6) is 2.86. The van der Waals surface area contributed by atoms with E-state index in [9.17, 15) is 5.26 Å². The van der Waals surface area contributed by atoms with Crippen LogP contribution in [0.25, 0.3) is 67.0 Å². The zero-order chi connectivity index (χ0) is 35.8. The van der Waals surface area contributed by atoms with Gasteiger partial charge in [-0.3, -0.25) is 0 Å². The third kappa shape index (κ3) is 4.68. The number of hydrogen-bond acceptors (Lipinski definition) is 2. The molecular weight excluding hydrogens is 653 g/mol. The van der Waals surface area contributed by atoms with Crippen LogP contribution in [0.4, 0.5) is 0 Å². The molecule has 0 atom stereocenters. The molecule has 0 unspecified atom stereocenters. The standard InChI is InChI=1S/C52H40N2/c53-32-39-16-7-8-19-43(39)45-21-11-23-47-46-22-10-20-44(50(46)52(51(45)47)41-25-33-24-34(27-41)28-42(52)26-33)38-18-9-17-37(29-38)40-30-48(35-12-3-1-4-13-35)54-49(31-40)36-14-5-2-6-15-36/h1-23,29-31,33-34,41-42H,24-28H2. The van der Waals surface area contributed by atoms with Crippen LogP contribution in [0.15, 0.2) is 158 Å². The van der Waals surface area contributed by atoms with E-state index in [0.717, 1.165) is 45.5 Å². The van der Waals surface area contributed by atoms with Gasteiger partial charge in [0.2, 0.25) is 0 Å². The van der Waals surface area contributed by atoms with Crippen molar-refractivity contribution in [2.75, 3.05) is 0 Å². The number of pyridine rings is 1. The molecule has 0 N–H and O–H groups in total. The smallest absolute Gasteiger partial charge is 0.0998 e. The Morgan fingerprint density at radius 2 is 0.889 bits per heavy atom. The molecular formula is C52H40N2. The Bertz CT molecular complexity index is 2540. The van der Waals surface area contributed by atoms with Crippen LogP contribution in [0.1, 0.15) is 48.8 Å². The van der Waals surface area contributed by atoms with Crippen molar-refractivity contribution in [3.8, 4) is 73.1 Å². The maximum atomic E-state index is 10.3. The number of hydrogen-bond donors (Lipinski definition) is 0. The first-order chi connectivity index (χ1) is 26.7. The molecule has 0 radical (unpaired) electrons. The maximum absolute atomic E-state index is 10.3. The van der Waals surface area contributed by atoms with Gasteiger partial charge >= 0.3 is 0 Å². The first-order valence-corrected chi connectivity index (χ1v) is 19.7. The quantitative estimate of drug-likeness (QED) is 0.180. The van der Waals surface area contributed by atoms with Crippen LogP contribution in [-0.4, -0.2) is 4.98 Å². The van der Waals surface area contributed by atoms with E-state index in [1.807, 2.05) is 12.1 Å². The van der Waals surface area contributed by atoms with E-state index in [1.54, 1.807) is 0 Å². The average molecular weight is 693 g/mol. The van der Waals surface area contributed by atoms with E-state index in [-0.39, 0.29) is 5.41 Å². The van der Waals surface area contributed by atoms with Crippen molar-refractivity contribution in [1.82, 2.24) is 4.98 Å². The third-order valence-electron chi connectivity index (χ3n) is 13.5. The molecule has 258 valence electrons. The van der Waals surface area contributed by atoms with E-state index in [4.69, 9.17) is 4.98 Å². The molecule has 4 bridgehead atoms. The van der Waals surface area contributed by atoms with Crippen LogP contribution in [0.2, 0.25) is 0 Å². The number of rotatable bonds is 5. The molecule has 7 aromatic rings. The average Bonchev–Trinajstić information content (AvgIpc) is 3.54. The Hall–Kier alpha value is -6.04. The van der Waals surface area contributed by atoms with Gasteiger partial charge in [0, 0.05) is 16.5 Å². The highest BCUT2D eigenvalue weighted by molar-refractivity contribution is 5.95. The van der Waals surface area contributed by atoms with Crippen molar-refractivity contribution in [2.45, 2.75) is 37.5 Å². The minimum atomic E-state index is -0.0819. The Labute approximate surface area is 317 Å². The molecule has 6 aromatic carbocycles. The first-order valence-electron chi connectivity index (χ1n) is 19.7. The molecule has 12 rings (SSSR count). The Balaban J connectivity index is 1.12. The van der Waals surface area contributed by atoms with Gasteiger partial charge in [0.25, 0.3) is 0 Å². The van der Waals surface area contributed by atoms with Crippen LogP contribution in [0, 0.1) is 35.0 Å². The normalized spacial score (nSPS) is 22.9. The Morgan fingerprint density at radius 3 is 1.50 bits per heavy atom. The summed E-state index contributed by atoms with van der Waals surface area (Å²) >= 11 is 0. The first kappa shape index (κ1) is 31.5. The molecule has 2 heteroatoms. The van der Waals surface area contributed by atoms with E-state index in [1.165, 1.54) is 82.2 Å². The predicted octanol–water partition coefficient (Wildman–Crippen LogP) is 13.0.